The lowest BCUT2D eigenvalue weighted by Gasteiger charge is -2.14. The zero-order valence-electron chi connectivity index (χ0n) is 10.8. The Morgan fingerprint density at radius 1 is 1.15 bits per heavy atom. The van der Waals surface area contributed by atoms with E-state index in [1.165, 1.54) is 12.3 Å². The molecule has 0 saturated carbocycles. The third kappa shape index (κ3) is 2.20. The van der Waals surface area contributed by atoms with Crippen LogP contribution in [0.5, 0.6) is 0 Å². The summed E-state index contributed by atoms with van der Waals surface area (Å²) in [4.78, 5) is 11.6. The summed E-state index contributed by atoms with van der Waals surface area (Å²) in [7, 11) is -3.20. The van der Waals surface area contributed by atoms with Gasteiger partial charge in [-0.25, -0.2) is 13.2 Å². The molecule has 1 aromatic rings. The molecule has 0 spiro atoms. The van der Waals surface area contributed by atoms with Crippen molar-refractivity contribution in [1.82, 2.24) is 0 Å². The van der Waals surface area contributed by atoms with E-state index in [0.29, 0.717) is 12.2 Å². The molecule has 0 unspecified atom stereocenters. The number of carbonyl (C=O) groups excluding carboxylic acids is 1. The molecule has 3 rings (SSSR count). The van der Waals surface area contributed by atoms with Gasteiger partial charge in [-0.2, -0.15) is 0 Å². The van der Waals surface area contributed by atoms with E-state index < -0.39 is 9.84 Å². The summed E-state index contributed by atoms with van der Waals surface area (Å²) in [5.74, 6) is 0.205. The van der Waals surface area contributed by atoms with Crippen LogP contribution in [0, 0.1) is 0 Å². The second-order valence-corrected chi connectivity index (χ2v) is 6.75. The number of hydrogen-bond acceptors (Lipinski definition) is 4. The van der Waals surface area contributed by atoms with Gasteiger partial charge in [-0.3, -0.25) is 0 Å². The van der Waals surface area contributed by atoms with Crippen molar-refractivity contribution in [3.63, 3.8) is 0 Å². The van der Waals surface area contributed by atoms with Crippen LogP contribution in [-0.2, 0) is 19.4 Å². The highest BCUT2D eigenvalue weighted by Crippen LogP contribution is 2.35. The molecule has 0 N–H and O–H groups in total. The minimum absolute atomic E-state index is 0.275. The molecule has 0 radical (unpaired) electrons. The minimum Gasteiger partial charge on any atom is -0.422 e. The average molecular weight is 288 g/mol. The van der Waals surface area contributed by atoms with Gasteiger partial charge < -0.3 is 4.74 Å². The highest BCUT2D eigenvalue weighted by molar-refractivity contribution is 7.90. The molecule has 0 bridgehead atoms. The van der Waals surface area contributed by atoms with E-state index in [0.717, 1.165) is 16.7 Å². The smallest absolute Gasteiger partial charge is 0.336 e. The largest absolute Gasteiger partial charge is 0.422 e. The quantitative estimate of drug-likeness (QED) is 0.783. The summed E-state index contributed by atoms with van der Waals surface area (Å²) in [6.07, 6.45) is 7.09. The molecule has 5 heteroatoms. The fourth-order valence-corrected chi connectivity index (χ4v) is 2.92. The Morgan fingerprint density at radius 2 is 1.85 bits per heavy atom. The number of fused-ring (bicyclic) bond motifs is 1. The second-order valence-electron chi connectivity index (χ2n) is 4.73. The van der Waals surface area contributed by atoms with Gasteiger partial charge >= 0.3 is 5.97 Å². The van der Waals surface area contributed by atoms with Crippen molar-refractivity contribution in [1.29, 1.82) is 0 Å². The van der Waals surface area contributed by atoms with Crippen LogP contribution in [0.2, 0.25) is 0 Å². The molecule has 1 aliphatic heterocycles. The summed E-state index contributed by atoms with van der Waals surface area (Å²) in [5, 5.41) is 0. The molecule has 2 aliphatic rings. The Labute approximate surface area is 117 Å². The summed E-state index contributed by atoms with van der Waals surface area (Å²) in [6, 6.07) is 6.61. The number of rotatable bonds is 2. The Kier molecular flexibility index (Phi) is 2.87. The molecule has 1 aromatic carbocycles. The van der Waals surface area contributed by atoms with E-state index in [1.807, 2.05) is 12.2 Å². The predicted molar refractivity (Wildman–Crippen MR) is 74.4 cm³/mol. The van der Waals surface area contributed by atoms with Crippen LogP contribution in [0.15, 0.2) is 58.7 Å². The molecule has 0 atom stereocenters. The van der Waals surface area contributed by atoms with Crippen molar-refractivity contribution in [2.45, 2.75) is 11.3 Å². The van der Waals surface area contributed by atoms with Gasteiger partial charge in [0.2, 0.25) is 0 Å². The van der Waals surface area contributed by atoms with Crippen LogP contribution in [0.4, 0.5) is 0 Å². The minimum atomic E-state index is -3.20. The number of ether oxygens (including phenoxy) is 1. The Morgan fingerprint density at radius 3 is 2.50 bits per heavy atom. The van der Waals surface area contributed by atoms with Crippen LogP contribution in [0.1, 0.15) is 12.0 Å². The third-order valence-electron chi connectivity index (χ3n) is 3.26. The summed E-state index contributed by atoms with van der Waals surface area (Å²) < 4.78 is 28.1. The lowest BCUT2D eigenvalue weighted by molar-refractivity contribution is -0.132. The third-order valence-corrected chi connectivity index (χ3v) is 4.39. The first kappa shape index (κ1) is 12.9. The highest BCUT2D eigenvalue weighted by atomic mass is 32.2. The lowest BCUT2D eigenvalue weighted by Crippen LogP contribution is -2.00. The first-order valence-corrected chi connectivity index (χ1v) is 7.98. The standard InChI is InChI=1S/C15H12O4S/c1-20(17,18)12-7-5-10(6-8-12)13-4-2-3-11-9-14(16)19-15(11)13/h2-3,5-9H,4H2,1H3. The van der Waals surface area contributed by atoms with E-state index >= 15 is 0 Å². The van der Waals surface area contributed by atoms with Crippen LogP contribution in [0.3, 0.4) is 0 Å². The monoisotopic (exact) mass is 288 g/mol. The molecule has 0 amide bonds. The summed E-state index contributed by atoms with van der Waals surface area (Å²) >= 11 is 0. The molecular formula is C15H12O4S. The highest BCUT2D eigenvalue weighted by Gasteiger charge is 2.25. The molecule has 4 nitrogen and oxygen atoms in total. The molecule has 102 valence electrons. The van der Waals surface area contributed by atoms with E-state index in [9.17, 15) is 13.2 Å². The van der Waals surface area contributed by atoms with Gasteiger partial charge in [0.15, 0.2) is 9.84 Å². The first-order valence-electron chi connectivity index (χ1n) is 6.09. The Balaban J connectivity index is 2.04. The van der Waals surface area contributed by atoms with Gasteiger partial charge in [0.05, 0.1) is 4.90 Å². The van der Waals surface area contributed by atoms with Gasteiger partial charge in [0, 0.05) is 23.5 Å². The maximum atomic E-state index is 11.4. The number of hydrogen-bond donors (Lipinski definition) is 0. The number of sulfone groups is 1. The van der Waals surface area contributed by atoms with Crippen LogP contribution in [-0.4, -0.2) is 20.6 Å². The molecule has 1 heterocycles. The predicted octanol–water partition coefficient (Wildman–Crippen LogP) is 2.24. The van der Waals surface area contributed by atoms with Gasteiger partial charge in [-0.05, 0) is 24.1 Å². The molecule has 0 saturated heterocycles. The van der Waals surface area contributed by atoms with Crippen molar-refractivity contribution in [3.8, 4) is 0 Å². The second kappa shape index (κ2) is 4.45. The topological polar surface area (TPSA) is 60.4 Å². The van der Waals surface area contributed by atoms with Gasteiger partial charge in [-0.1, -0.05) is 24.3 Å². The molecule has 0 fully saturated rings. The SMILES string of the molecule is CS(=O)(=O)c1ccc(C2=C3OC(=O)C=C3C=CC2)cc1. The summed E-state index contributed by atoms with van der Waals surface area (Å²) in [5.41, 5.74) is 2.52. The van der Waals surface area contributed by atoms with Gasteiger partial charge in [0.25, 0.3) is 0 Å². The van der Waals surface area contributed by atoms with Gasteiger partial charge in [0.1, 0.15) is 5.76 Å². The Bertz CT molecular complexity index is 778. The van der Waals surface area contributed by atoms with E-state index in [-0.39, 0.29) is 10.9 Å². The fraction of sp³-hybridized carbons (Fsp3) is 0.133. The van der Waals surface area contributed by atoms with Crippen molar-refractivity contribution in [2.75, 3.05) is 6.26 Å². The number of benzene rings is 1. The molecule has 1 aliphatic carbocycles. The number of allylic oxidation sites excluding steroid dienone is 3. The number of esters is 1. The first-order chi connectivity index (χ1) is 9.45. The van der Waals surface area contributed by atoms with E-state index in [2.05, 4.69) is 0 Å². The van der Waals surface area contributed by atoms with Crippen LogP contribution < -0.4 is 0 Å². The zero-order valence-corrected chi connectivity index (χ0v) is 11.6. The van der Waals surface area contributed by atoms with Gasteiger partial charge in [-0.15, -0.1) is 0 Å². The normalized spacial score (nSPS) is 17.9. The molecular weight excluding hydrogens is 276 g/mol. The summed E-state index contributed by atoms with van der Waals surface area (Å²) in [6.45, 7) is 0. The maximum Gasteiger partial charge on any atom is 0.336 e. The molecule has 0 aromatic heterocycles. The lowest BCUT2D eigenvalue weighted by atomic mass is 9.94. The van der Waals surface area contributed by atoms with Crippen molar-refractivity contribution in [2.24, 2.45) is 0 Å². The zero-order chi connectivity index (χ0) is 14.3. The maximum absolute atomic E-state index is 11.4. The number of carbonyl (C=O) groups is 1. The van der Waals surface area contributed by atoms with Crippen molar-refractivity contribution < 1.29 is 17.9 Å². The van der Waals surface area contributed by atoms with Crippen LogP contribution in [0.25, 0.3) is 5.57 Å². The average Bonchev–Trinajstić information content (AvgIpc) is 2.78. The fourth-order valence-electron chi connectivity index (χ4n) is 2.29. The van der Waals surface area contributed by atoms with E-state index in [4.69, 9.17) is 4.74 Å². The van der Waals surface area contributed by atoms with Crippen molar-refractivity contribution in [3.05, 3.63) is 59.4 Å². The Hall–Kier alpha value is -2.14. The van der Waals surface area contributed by atoms with E-state index in [1.54, 1.807) is 24.3 Å². The van der Waals surface area contributed by atoms with Crippen LogP contribution >= 0.6 is 0 Å². The molecule has 20 heavy (non-hydrogen) atoms. The van der Waals surface area contributed by atoms with Crippen molar-refractivity contribution >= 4 is 21.4 Å².